The lowest BCUT2D eigenvalue weighted by Crippen LogP contribution is -2.17. The molecule has 9 heteroatoms. The SMILES string of the molecule is O=S(=O)(c1[c]cc(OC(F)(F)F)cc1)C(F)F. The van der Waals surface area contributed by atoms with Crippen molar-refractivity contribution in [1.29, 1.82) is 0 Å². The van der Waals surface area contributed by atoms with Crippen LogP contribution in [0.5, 0.6) is 5.75 Å². The van der Waals surface area contributed by atoms with E-state index in [9.17, 15) is 30.4 Å². The van der Waals surface area contributed by atoms with Gasteiger partial charge in [0.15, 0.2) is 0 Å². The molecular weight excluding hydrogens is 271 g/mol. The molecule has 1 aromatic carbocycles. The Kier molecular flexibility index (Phi) is 3.60. The summed E-state index contributed by atoms with van der Waals surface area (Å²) in [5, 5.41) is 0. The van der Waals surface area contributed by atoms with Crippen LogP contribution in [0.3, 0.4) is 0 Å². The molecule has 0 saturated heterocycles. The monoisotopic (exact) mass is 275 g/mol. The van der Waals surface area contributed by atoms with Gasteiger partial charge in [-0.1, -0.05) is 0 Å². The molecule has 0 aromatic heterocycles. The van der Waals surface area contributed by atoms with Gasteiger partial charge in [0.05, 0.1) is 4.90 Å². The molecule has 0 heterocycles. The molecule has 0 unspecified atom stereocenters. The van der Waals surface area contributed by atoms with Crippen molar-refractivity contribution in [2.24, 2.45) is 0 Å². The van der Waals surface area contributed by atoms with Crippen molar-refractivity contribution in [2.75, 3.05) is 0 Å². The van der Waals surface area contributed by atoms with Gasteiger partial charge in [-0.2, -0.15) is 8.78 Å². The highest BCUT2D eigenvalue weighted by Crippen LogP contribution is 2.25. The van der Waals surface area contributed by atoms with Crippen molar-refractivity contribution in [3.63, 3.8) is 0 Å². The Hall–Kier alpha value is -1.38. The van der Waals surface area contributed by atoms with Crippen LogP contribution >= 0.6 is 0 Å². The van der Waals surface area contributed by atoms with Crippen molar-refractivity contribution in [3.05, 3.63) is 24.3 Å². The van der Waals surface area contributed by atoms with Gasteiger partial charge in [-0.15, -0.1) is 13.2 Å². The predicted molar refractivity (Wildman–Crippen MR) is 45.2 cm³/mol. The minimum Gasteiger partial charge on any atom is -0.406 e. The first kappa shape index (κ1) is 13.7. The molecule has 1 aromatic rings. The molecule has 0 aliphatic carbocycles. The van der Waals surface area contributed by atoms with Crippen LogP contribution in [-0.4, -0.2) is 20.5 Å². The molecule has 3 nitrogen and oxygen atoms in total. The zero-order valence-electron chi connectivity index (χ0n) is 7.83. The molecule has 0 amide bonds. The molecule has 0 saturated carbocycles. The van der Waals surface area contributed by atoms with Crippen LogP contribution in [0, 0.1) is 6.07 Å². The maximum Gasteiger partial charge on any atom is 0.573 e. The molecule has 0 spiro atoms. The first-order chi connectivity index (χ1) is 7.63. The molecule has 0 bridgehead atoms. The van der Waals surface area contributed by atoms with E-state index >= 15 is 0 Å². The Labute approximate surface area is 92.7 Å². The number of alkyl halides is 5. The van der Waals surface area contributed by atoms with Crippen LogP contribution in [0.25, 0.3) is 0 Å². The van der Waals surface area contributed by atoms with Gasteiger partial charge in [0.1, 0.15) is 5.75 Å². The summed E-state index contributed by atoms with van der Waals surface area (Å²) in [6.45, 7) is 0. The molecule has 1 radical (unpaired) electrons. The van der Waals surface area contributed by atoms with E-state index in [-0.39, 0.29) is 0 Å². The zero-order chi connectivity index (χ0) is 13.3. The van der Waals surface area contributed by atoms with Gasteiger partial charge < -0.3 is 4.74 Å². The third-order valence-corrected chi connectivity index (χ3v) is 2.87. The molecular formula is C8H4F5O3S. The van der Waals surface area contributed by atoms with E-state index in [1.54, 1.807) is 6.07 Å². The topological polar surface area (TPSA) is 43.4 Å². The summed E-state index contributed by atoms with van der Waals surface area (Å²) in [4.78, 5) is -0.901. The fraction of sp³-hybridized carbons (Fsp3) is 0.250. The van der Waals surface area contributed by atoms with Crippen LogP contribution in [0.2, 0.25) is 0 Å². The summed E-state index contributed by atoms with van der Waals surface area (Å²) in [5.74, 6) is -4.40. The Bertz CT molecular complexity index is 477. The van der Waals surface area contributed by atoms with Crippen molar-refractivity contribution in [1.82, 2.24) is 0 Å². The average molecular weight is 275 g/mol. The first-order valence-corrected chi connectivity index (χ1v) is 5.47. The molecule has 0 atom stereocenters. The van der Waals surface area contributed by atoms with Gasteiger partial charge >= 0.3 is 12.1 Å². The third-order valence-electron chi connectivity index (χ3n) is 1.53. The minimum atomic E-state index is -4.95. The maximum absolute atomic E-state index is 12.1. The highest BCUT2D eigenvalue weighted by molar-refractivity contribution is 7.91. The largest absolute Gasteiger partial charge is 0.573 e. The number of benzene rings is 1. The Morgan fingerprint density at radius 2 is 1.82 bits per heavy atom. The second-order valence-corrected chi connectivity index (χ2v) is 4.63. The van der Waals surface area contributed by atoms with Crippen LogP contribution in [0.1, 0.15) is 0 Å². The molecule has 0 N–H and O–H groups in total. The predicted octanol–water partition coefficient (Wildman–Crippen LogP) is 2.38. The van der Waals surface area contributed by atoms with Crippen molar-refractivity contribution >= 4 is 9.84 Å². The molecule has 0 aliphatic rings. The Morgan fingerprint density at radius 3 is 2.18 bits per heavy atom. The van der Waals surface area contributed by atoms with E-state index in [4.69, 9.17) is 0 Å². The van der Waals surface area contributed by atoms with Crippen LogP contribution < -0.4 is 4.74 Å². The van der Waals surface area contributed by atoms with Crippen LogP contribution in [0.15, 0.2) is 23.1 Å². The number of hydrogen-bond acceptors (Lipinski definition) is 3. The highest BCUT2D eigenvalue weighted by atomic mass is 32.2. The lowest BCUT2D eigenvalue weighted by Gasteiger charge is -2.09. The molecule has 0 aliphatic heterocycles. The van der Waals surface area contributed by atoms with Gasteiger partial charge in [-0.25, -0.2) is 8.42 Å². The summed E-state index contributed by atoms with van der Waals surface area (Å²) in [5.41, 5.74) is 0. The number of ether oxygens (including phenoxy) is 1. The van der Waals surface area contributed by atoms with Gasteiger partial charge in [0.25, 0.3) is 0 Å². The summed E-state index contributed by atoms with van der Waals surface area (Å²) < 4.78 is 84.5. The van der Waals surface area contributed by atoms with Crippen LogP contribution in [0.4, 0.5) is 22.0 Å². The van der Waals surface area contributed by atoms with E-state index in [2.05, 4.69) is 4.74 Å². The van der Waals surface area contributed by atoms with Crippen molar-refractivity contribution < 1.29 is 35.1 Å². The van der Waals surface area contributed by atoms with Gasteiger partial charge in [-0.05, 0) is 18.2 Å². The first-order valence-electron chi connectivity index (χ1n) is 3.92. The quantitative estimate of drug-likeness (QED) is 0.795. The number of halogens is 5. The lowest BCUT2D eigenvalue weighted by molar-refractivity contribution is -0.274. The zero-order valence-corrected chi connectivity index (χ0v) is 8.65. The Morgan fingerprint density at radius 1 is 1.24 bits per heavy atom. The third kappa shape index (κ3) is 3.55. The number of hydrogen-bond donors (Lipinski definition) is 0. The second-order valence-electron chi connectivity index (χ2n) is 2.74. The maximum atomic E-state index is 12.1. The van der Waals surface area contributed by atoms with E-state index in [0.29, 0.717) is 18.2 Å². The summed E-state index contributed by atoms with van der Waals surface area (Å²) in [7, 11) is -4.86. The lowest BCUT2D eigenvalue weighted by atomic mass is 10.3. The normalized spacial score (nSPS) is 12.8. The van der Waals surface area contributed by atoms with Crippen molar-refractivity contribution in [3.8, 4) is 5.75 Å². The minimum absolute atomic E-state index is 0.517. The number of rotatable bonds is 3. The van der Waals surface area contributed by atoms with E-state index in [0.717, 1.165) is 0 Å². The Balaban J connectivity index is 2.97. The molecule has 0 fully saturated rings. The fourth-order valence-electron chi connectivity index (χ4n) is 0.866. The van der Waals surface area contributed by atoms with Crippen LogP contribution in [-0.2, 0) is 9.84 Å². The number of sulfone groups is 1. The van der Waals surface area contributed by atoms with Gasteiger partial charge in [0.2, 0.25) is 9.84 Å². The van der Waals surface area contributed by atoms with E-state index < -0.39 is 32.6 Å². The molecule has 1 rings (SSSR count). The average Bonchev–Trinajstić information content (AvgIpc) is 2.15. The smallest absolute Gasteiger partial charge is 0.406 e. The molecule has 95 valence electrons. The fourth-order valence-corrected chi connectivity index (χ4v) is 1.54. The second kappa shape index (κ2) is 4.47. The summed E-state index contributed by atoms with van der Waals surface area (Å²) in [6, 6.07) is 3.47. The van der Waals surface area contributed by atoms with Crippen molar-refractivity contribution in [2.45, 2.75) is 17.0 Å². The summed E-state index contributed by atoms with van der Waals surface area (Å²) >= 11 is 0. The van der Waals surface area contributed by atoms with E-state index in [1.807, 2.05) is 0 Å². The highest BCUT2D eigenvalue weighted by Gasteiger charge is 2.32. The van der Waals surface area contributed by atoms with Gasteiger partial charge in [-0.3, -0.25) is 0 Å². The van der Waals surface area contributed by atoms with Gasteiger partial charge in [0, 0.05) is 6.07 Å². The van der Waals surface area contributed by atoms with E-state index in [1.165, 1.54) is 0 Å². The standard InChI is InChI=1S/C8H4F5O3S/c9-7(10)17(14,15)6-3-1-5(2-4-6)16-8(11,12)13/h1-3,7H. The molecule has 17 heavy (non-hydrogen) atoms. The summed E-state index contributed by atoms with van der Waals surface area (Å²) in [6.07, 6.45) is -4.95.